The Morgan fingerprint density at radius 3 is 2.72 bits per heavy atom. The molecule has 0 atom stereocenters. The Balaban J connectivity index is 1.79. The molecule has 0 aliphatic carbocycles. The van der Waals surface area contributed by atoms with Gasteiger partial charge in [0.15, 0.2) is 0 Å². The highest BCUT2D eigenvalue weighted by molar-refractivity contribution is 6.04. The summed E-state index contributed by atoms with van der Waals surface area (Å²) in [5.41, 5.74) is 6.67. The molecule has 2 aromatic carbocycles. The average molecular weight is 324 g/mol. The van der Waals surface area contributed by atoms with Crippen molar-refractivity contribution >= 4 is 22.1 Å². The molecule has 4 heterocycles. The fourth-order valence-corrected chi connectivity index (χ4v) is 3.91. The van der Waals surface area contributed by atoms with Crippen LogP contribution >= 0.6 is 0 Å². The average Bonchev–Trinajstić information content (AvgIpc) is 3.30. The van der Waals surface area contributed by atoms with E-state index >= 15 is 0 Å². The summed E-state index contributed by atoms with van der Waals surface area (Å²) in [5, 5.41) is 1.14. The highest BCUT2D eigenvalue weighted by Crippen LogP contribution is 2.36. The number of hydrogen-bond acceptors (Lipinski definition) is 2. The standard InChI is InChI=1S/C21H14N3O/c1-2-6-15(7-3-1)24-18-9-5-4-8-17(18)19-20(24)23-13-14-12-22-11-10-16(14)21(23)25-19/h1-12H,13H2/q+1. The minimum absolute atomic E-state index is 0.786. The number of benzene rings is 2. The van der Waals surface area contributed by atoms with E-state index in [2.05, 4.69) is 62.6 Å². The van der Waals surface area contributed by atoms with Gasteiger partial charge >= 0.3 is 5.65 Å². The third kappa shape index (κ3) is 1.61. The molecule has 0 unspecified atom stereocenters. The molecule has 0 spiro atoms. The number of nitrogens with zero attached hydrogens (tertiary/aromatic N) is 3. The van der Waals surface area contributed by atoms with Gasteiger partial charge in [-0.15, -0.1) is 0 Å². The maximum absolute atomic E-state index is 6.37. The second-order valence-electron chi connectivity index (χ2n) is 6.37. The maximum atomic E-state index is 6.37. The third-order valence-electron chi connectivity index (χ3n) is 4.98. The van der Waals surface area contributed by atoms with Crippen molar-refractivity contribution in [1.29, 1.82) is 0 Å². The van der Waals surface area contributed by atoms with E-state index in [9.17, 15) is 0 Å². The van der Waals surface area contributed by atoms with Gasteiger partial charge in [-0.2, -0.15) is 9.13 Å². The summed E-state index contributed by atoms with van der Waals surface area (Å²) < 4.78 is 10.9. The summed E-state index contributed by atoms with van der Waals surface area (Å²) in [6.07, 6.45) is 3.75. The highest BCUT2D eigenvalue weighted by atomic mass is 16.4. The molecule has 3 aromatic heterocycles. The second kappa shape index (κ2) is 4.57. The van der Waals surface area contributed by atoms with Crippen LogP contribution in [0, 0.1) is 0 Å². The predicted octanol–water partition coefficient (Wildman–Crippen LogP) is 4.09. The van der Waals surface area contributed by atoms with Crippen LogP contribution in [0.4, 0.5) is 0 Å². The number of aromatic nitrogens is 3. The molecule has 5 aromatic rings. The molecule has 1 aliphatic rings. The van der Waals surface area contributed by atoms with Crippen LogP contribution in [0.2, 0.25) is 0 Å². The zero-order valence-electron chi connectivity index (χ0n) is 13.4. The number of oxazole rings is 1. The molecule has 4 nitrogen and oxygen atoms in total. The zero-order chi connectivity index (χ0) is 16.4. The normalized spacial score (nSPS) is 12.6. The Labute approximate surface area is 143 Å². The minimum Gasteiger partial charge on any atom is -0.413 e. The van der Waals surface area contributed by atoms with Gasteiger partial charge in [-0.25, -0.2) is 0 Å². The van der Waals surface area contributed by atoms with E-state index in [1.807, 2.05) is 24.5 Å². The first-order valence-corrected chi connectivity index (χ1v) is 8.36. The number of para-hydroxylation sites is 2. The van der Waals surface area contributed by atoms with E-state index in [1.165, 1.54) is 5.56 Å². The largest absolute Gasteiger partial charge is 0.413 e. The summed E-state index contributed by atoms with van der Waals surface area (Å²) in [7, 11) is 0. The van der Waals surface area contributed by atoms with Gasteiger partial charge in [0, 0.05) is 18.0 Å². The third-order valence-corrected chi connectivity index (χ3v) is 4.98. The van der Waals surface area contributed by atoms with Crippen LogP contribution in [0.3, 0.4) is 0 Å². The number of hydrogen-bond donors (Lipinski definition) is 0. The summed E-state index contributed by atoms with van der Waals surface area (Å²) in [4.78, 5) is 4.26. The van der Waals surface area contributed by atoms with Crippen molar-refractivity contribution in [3.63, 3.8) is 0 Å². The zero-order valence-corrected chi connectivity index (χ0v) is 13.4. The molecule has 0 saturated heterocycles. The summed E-state index contributed by atoms with van der Waals surface area (Å²) >= 11 is 0. The molecule has 0 N–H and O–H groups in total. The van der Waals surface area contributed by atoms with Gasteiger partial charge in [0.25, 0.3) is 5.89 Å². The van der Waals surface area contributed by atoms with Gasteiger partial charge in [-0.3, -0.25) is 4.98 Å². The first-order chi connectivity index (χ1) is 12.4. The molecule has 1 aliphatic heterocycles. The summed E-state index contributed by atoms with van der Waals surface area (Å²) in [6, 6.07) is 20.9. The number of pyridine rings is 1. The lowest BCUT2D eigenvalue weighted by Crippen LogP contribution is -2.32. The summed E-state index contributed by atoms with van der Waals surface area (Å²) in [5.74, 6) is 0.915. The highest BCUT2D eigenvalue weighted by Gasteiger charge is 2.35. The van der Waals surface area contributed by atoms with Gasteiger partial charge in [0.05, 0.1) is 10.9 Å². The second-order valence-corrected chi connectivity index (χ2v) is 6.37. The lowest BCUT2D eigenvalue weighted by atomic mass is 10.2. The van der Waals surface area contributed by atoms with E-state index in [-0.39, 0.29) is 0 Å². The van der Waals surface area contributed by atoms with Crippen LogP contribution in [0.5, 0.6) is 0 Å². The monoisotopic (exact) mass is 324 g/mol. The molecule has 118 valence electrons. The molecule has 0 amide bonds. The van der Waals surface area contributed by atoms with E-state index in [0.29, 0.717) is 0 Å². The quantitative estimate of drug-likeness (QED) is 0.427. The molecular formula is C21H14N3O+. The molecule has 0 radical (unpaired) electrons. The Morgan fingerprint density at radius 1 is 0.960 bits per heavy atom. The lowest BCUT2D eigenvalue weighted by Gasteiger charge is -2.00. The smallest absolute Gasteiger partial charge is 0.334 e. The Bertz CT molecular complexity index is 1260. The topological polar surface area (TPSA) is 34.8 Å². The molecule has 25 heavy (non-hydrogen) atoms. The number of rotatable bonds is 1. The van der Waals surface area contributed by atoms with Crippen molar-refractivity contribution in [1.82, 2.24) is 9.55 Å². The molecule has 0 bridgehead atoms. The van der Waals surface area contributed by atoms with Crippen molar-refractivity contribution in [2.75, 3.05) is 0 Å². The van der Waals surface area contributed by atoms with Crippen LogP contribution < -0.4 is 4.57 Å². The lowest BCUT2D eigenvalue weighted by molar-refractivity contribution is -0.651. The van der Waals surface area contributed by atoms with Gasteiger partial charge in [-0.1, -0.05) is 30.3 Å². The van der Waals surface area contributed by atoms with Crippen molar-refractivity contribution in [2.45, 2.75) is 6.54 Å². The molecular weight excluding hydrogens is 310 g/mol. The van der Waals surface area contributed by atoms with E-state index in [0.717, 1.165) is 45.8 Å². The van der Waals surface area contributed by atoms with Crippen LogP contribution in [0.1, 0.15) is 5.56 Å². The van der Waals surface area contributed by atoms with Gasteiger partial charge < -0.3 is 4.42 Å². The van der Waals surface area contributed by atoms with Gasteiger partial charge in [0.2, 0.25) is 5.58 Å². The van der Waals surface area contributed by atoms with Crippen molar-refractivity contribution < 1.29 is 8.98 Å². The predicted molar refractivity (Wildman–Crippen MR) is 95.6 cm³/mol. The molecule has 0 fully saturated rings. The van der Waals surface area contributed by atoms with Crippen LogP contribution in [0.25, 0.3) is 39.3 Å². The molecule has 0 saturated carbocycles. The van der Waals surface area contributed by atoms with E-state index in [1.54, 1.807) is 0 Å². The van der Waals surface area contributed by atoms with Crippen LogP contribution in [-0.2, 0) is 6.54 Å². The van der Waals surface area contributed by atoms with Crippen molar-refractivity contribution in [3.8, 4) is 17.1 Å². The minimum atomic E-state index is 0.786. The Morgan fingerprint density at radius 2 is 1.80 bits per heavy atom. The van der Waals surface area contributed by atoms with E-state index in [4.69, 9.17) is 4.42 Å². The maximum Gasteiger partial charge on any atom is 0.334 e. The fourth-order valence-electron chi connectivity index (χ4n) is 3.91. The fraction of sp³-hybridized carbons (Fsp3) is 0.0476. The molecule has 4 heteroatoms. The molecule has 6 rings (SSSR count). The summed E-state index contributed by atoms with van der Waals surface area (Å²) in [6.45, 7) is 0.786. The van der Waals surface area contributed by atoms with Crippen LogP contribution in [-0.4, -0.2) is 9.55 Å². The van der Waals surface area contributed by atoms with Crippen LogP contribution in [0.15, 0.2) is 77.5 Å². The Kier molecular flexibility index (Phi) is 2.37. The van der Waals surface area contributed by atoms with Crippen molar-refractivity contribution in [2.24, 2.45) is 0 Å². The van der Waals surface area contributed by atoms with Gasteiger partial charge in [0.1, 0.15) is 17.7 Å². The first-order valence-electron chi connectivity index (χ1n) is 8.36. The Hall–Kier alpha value is -3.40. The van der Waals surface area contributed by atoms with Crippen molar-refractivity contribution in [3.05, 3.63) is 78.6 Å². The number of fused-ring (bicyclic) bond motifs is 7. The van der Waals surface area contributed by atoms with Gasteiger partial charge in [-0.05, 0) is 30.3 Å². The van der Waals surface area contributed by atoms with E-state index < -0.39 is 0 Å². The SMILES string of the molecule is c1ccc(-n2c3ccccc3c3oc4[n+](c32)Cc2cnccc2-4)cc1. The first kappa shape index (κ1) is 13.0.